The molecule has 0 saturated heterocycles. The second-order valence-electron chi connectivity index (χ2n) is 3.88. The Morgan fingerprint density at radius 2 is 2.21 bits per heavy atom. The van der Waals surface area contributed by atoms with E-state index in [1.165, 1.54) is 7.11 Å². The van der Waals surface area contributed by atoms with Crippen LogP contribution < -0.4 is 10.1 Å². The maximum Gasteiger partial charge on any atom is 0.326 e. The van der Waals surface area contributed by atoms with E-state index in [1.807, 2.05) is 6.26 Å². The highest BCUT2D eigenvalue weighted by Crippen LogP contribution is 2.13. The van der Waals surface area contributed by atoms with Crippen molar-refractivity contribution in [2.24, 2.45) is 0 Å². The lowest BCUT2D eigenvalue weighted by molar-refractivity contribution is -0.139. The van der Waals surface area contributed by atoms with Gasteiger partial charge in [0.2, 0.25) is 0 Å². The Kier molecular flexibility index (Phi) is 6.21. The minimum Gasteiger partial charge on any atom is -0.497 e. The molecule has 0 aliphatic heterocycles. The molecule has 1 rings (SSSR count). The number of hydrogen-bond acceptors (Lipinski definition) is 4. The van der Waals surface area contributed by atoms with Gasteiger partial charge in [-0.3, -0.25) is 4.79 Å². The fourth-order valence-corrected chi connectivity index (χ4v) is 1.97. The van der Waals surface area contributed by atoms with E-state index in [9.17, 15) is 9.59 Å². The SMILES string of the molecule is COc1cccc(C(=O)NC(CCSC)C(=O)O)c1. The number of thioether (sulfide) groups is 1. The van der Waals surface area contributed by atoms with Crippen LogP contribution in [0.5, 0.6) is 5.75 Å². The number of carboxylic acid groups (broad SMARTS) is 1. The third-order valence-electron chi connectivity index (χ3n) is 2.55. The highest BCUT2D eigenvalue weighted by atomic mass is 32.2. The lowest BCUT2D eigenvalue weighted by Gasteiger charge is -2.14. The normalized spacial score (nSPS) is 11.7. The molecule has 1 aromatic carbocycles. The van der Waals surface area contributed by atoms with Crippen LogP contribution >= 0.6 is 11.8 Å². The maximum absolute atomic E-state index is 12.0. The van der Waals surface area contributed by atoms with Gasteiger partial charge in [-0.1, -0.05) is 6.07 Å². The summed E-state index contributed by atoms with van der Waals surface area (Å²) < 4.78 is 5.02. The van der Waals surface area contributed by atoms with Gasteiger partial charge in [0.05, 0.1) is 7.11 Å². The molecule has 1 unspecified atom stereocenters. The number of rotatable bonds is 7. The summed E-state index contributed by atoms with van der Waals surface area (Å²) in [6.45, 7) is 0. The Bertz CT molecular complexity index is 450. The molecule has 2 N–H and O–H groups in total. The summed E-state index contributed by atoms with van der Waals surface area (Å²) in [5, 5.41) is 11.6. The molecule has 5 nitrogen and oxygen atoms in total. The van der Waals surface area contributed by atoms with Crippen LogP contribution in [-0.4, -0.2) is 42.1 Å². The van der Waals surface area contributed by atoms with Crippen LogP contribution in [-0.2, 0) is 4.79 Å². The predicted octanol–water partition coefficient (Wildman–Crippen LogP) is 1.63. The van der Waals surface area contributed by atoms with E-state index in [2.05, 4.69) is 5.32 Å². The number of aliphatic carboxylic acids is 1. The number of methoxy groups -OCH3 is 1. The summed E-state index contributed by atoms with van der Waals surface area (Å²) in [4.78, 5) is 23.0. The zero-order valence-electron chi connectivity index (χ0n) is 10.9. The number of carbonyl (C=O) groups excluding carboxylic acids is 1. The first kappa shape index (κ1) is 15.4. The molecule has 0 fully saturated rings. The standard InChI is InChI=1S/C13H17NO4S/c1-18-10-5-3-4-9(8-10)12(15)14-11(13(16)17)6-7-19-2/h3-5,8,11H,6-7H2,1-2H3,(H,14,15)(H,16,17). The van der Waals surface area contributed by atoms with Crippen molar-refractivity contribution in [3.05, 3.63) is 29.8 Å². The lowest BCUT2D eigenvalue weighted by Crippen LogP contribution is -2.41. The molecule has 0 bridgehead atoms. The number of carbonyl (C=O) groups is 2. The third kappa shape index (κ3) is 4.82. The molecule has 19 heavy (non-hydrogen) atoms. The second kappa shape index (κ2) is 7.68. The summed E-state index contributed by atoms with van der Waals surface area (Å²) in [6, 6.07) is 5.73. The van der Waals surface area contributed by atoms with E-state index in [0.717, 1.165) is 0 Å². The van der Waals surface area contributed by atoms with Gasteiger partial charge in [-0.15, -0.1) is 0 Å². The molecule has 104 valence electrons. The van der Waals surface area contributed by atoms with Crippen molar-refractivity contribution in [2.75, 3.05) is 19.1 Å². The maximum atomic E-state index is 12.0. The van der Waals surface area contributed by atoms with Crippen molar-refractivity contribution in [3.63, 3.8) is 0 Å². The molecule has 0 aliphatic carbocycles. The Labute approximate surface area is 116 Å². The van der Waals surface area contributed by atoms with E-state index in [0.29, 0.717) is 23.5 Å². The summed E-state index contributed by atoms with van der Waals surface area (Å²) in [7, 11) is 1.51. The largest absolute Gasteiger partial charge is 0.497 e. The van der Waals surface area contributed by atoms with Crippen molar-refractivity contribution in [2.45, 2.75) is 12.5 Å². The molecule has 6 heteroatoms. The van der Waals surface area contributed by atoms with Gasteiger partial charge < -0.3 is 15.2 Å². The fraction of sp³-hybridized carbons (Fsp3) is 0.385. The monoisotopic (exact) mass is 283 g/mol. The van der Waals surface area contributed by atoms with Crippen LogP contribution in [0.15, 0.2) is 24.3 Å². The number of hydrogen-bond donors (Lipinski definition) is 2. The third-order valence-corrected chi connectivity index (χ3v) is 3.19. The van der Waals surface area contributed by atoms with Crippen LogP contribution in [0, 0.1) is 0 Å². The Balaban J connectivity index is 2.72. The number of benzene rings is 1. The van der Waals surface area contributed by atoms with Crippen LogP contribution in [0.1, 0.15) is 16.8 Å². The van der Waals surface area contributed by atoms with Gasteiger partial charge in [-0.25, -0.2) is 4.79 Å². The molecular weight excluding hydrogens is 266 g/mol. The van der Waals surface area contributed by atoms with E-state index in [-0.39, 0.29) is 0 Å². The highest BCUT2D eigenvalue weighted by molar-refractivity contribution is 7.98. The van der Waals surface area contributed by atoms with Gasteiger partial charge in [0.25, 0.3) is 5.91 Å². The molecule has 0 radical (unpaired) electrons. The van der Waals surface area contributed by atoms with E-state index in [1.54, 1.807) is 36.0 Å². The summed E-state index contributed by atoms with van der Waals surface area (Å²) in [5.41, 5.74) is 0.384. The number of carboxylic acids is 1. The molecule has 0 aromatic heterocycles. The Morgan fingerprint density at radius 3 is 2.79 bits per heavy atom. The molecule has 0 saturated carbocycles. The molecule has 1 atom stereocenters. The predicted molar refractivity (Wildman–Crippen MR) is 74.9 cm³/mol. The van der Waals surface area contributed by atoms with Crippen LogP contribution in [0.4, 0.5) is 0 Å². The summed E-state index contributed by atoms with van der Waals surface area (Å²) in [5.74, 6) is -0.198. The first-order valence-electron chi connectivity index (χ1n) is 5.75. The Morgan fingerprint density at radius 1 is 1.47 bits per heavy atom. The molecule has 1 amide bonds. The second-order valence-corrected chi connectivity index (χ2v) is 4.86. The van der Waals surface area contributed by atoms with Gasteiger partial charge >= 0.3 is 5.97 Å². The molecule has 0 spiro atoms. The first-order valence-corrected chi connectivity index (χ1v) is 7.14. The topological polar surface area (TPSA) is 75.6 Å². The van der Waals surface area contributed by atoms with Crippen LogP contribution in [0.3, 0.4) is 0 Å². The lowest BCUT2D eigenvalue weighted by atomic mass is 10.1. The van der Waals surface area contributed by atoms with E-state index >= 15 is 0 Å². The minimum absolute atomic E-state index is 0.384. The van der Waals surface area contributed by atoms with Gasteiger partial charge in [-0.05, 0) is 36.6 Å². The minimum atomic E-state index is -1.02. The van der Waals surface area contributed by atoms with Gasteiger partial charge in [-0.2, -0.15) is 11.8 Å². The van der Waals surface area contributed by atoms with Crippen LogP contribution in [0.2, 0.25) is 0 Å². The molecular formula is C13H17NO4S. The van der Waals surface area contributed by atoms with E-state index in [4.69, 9.17) is 9.84 Å². The molecule has 0 heterocycles. The van der Waals surface area contributed by atoms with E-state index < -0.39 is 17.9 Å². The van der Waals surface area contributed by atoms with Crippen LogP contribution in [0.25, 0.3) is 0 Å². The fourth-order valence-electron chi connectivity index (χ4n) is 1.50. The van der Waals surface area contributed by atoms with Crippen molar-refractivity contribution >= 4 is 23.6 Å². The van der Waals surface area contributed by atoms with Crippen molar-refractivity contribution in [1.82, 2.24) is 5.32 Å². The first-order chi connectivity index (χ1) is 9.08. The molecule has 1 aromatic rings. The quantitative estimate of drug-likeness (QED) is 0.795. The zero-order valence-corrected chi connectivity index (χ0v) is 11.7. The average molecular weight is 283 g/mol. The van der Waals surface area contributed by atoms with Gasteiger partial charge in [0, 0.05) is 5.56 Å². The highest BCUT2D eigenvalue weighted by Gasteiger charge is 2.20. The Hall–Kier alpha value is -1.69. The van der Waals surface area contributed by atoms with Crippen molar-refractivity contribution in [1.29, 1.82) is 0 Å². The van der Waals surface area contributed by atoms with Crippen molar-refractivity contribution in [3.8, 4) is 5.75 Å². The number of ether oxygens (including phenoxy) is 1. The van der Waals surface area contributed by atoms with Gasteiger partial charge in [0.15, 0.2) is 0 Å². The van der Waals surface area contributed by atoms with Crippen molar-refractivity contribution < 1.29 is 19.4 Å². The zero-order chi connectivity index (χ0) is 14.3. The smallest absolute Gasteiger partial charge is 0.326 e. The van der Waals surface area contributed by atoms with Gasteiger partial charge in [0.1, 0.15) is 11.8 Å². The average Bonchev–Trinajstić information content (AvgIpc) is 2.42. The summed E-state index contributed by atoms with van der Waals surface area (Å²) in [6.07, 6.45) is 2.29. The molecule has 0 aliphatic rings. The summed E-state index contributed by atoms with van der Waals surface area (Å²) >= 11 is 1.54. The number of amides is 1. The number of nitrogens with one attached hydrogen (secondary N) is 1.